The Bertz CT molecular complexity index is 1010. The van der Waals surface area contributed by atoms with E-state index in [0.717, 1.165) is 0 Å². The van der Waals surface area contributed by atoms with Crippen LogP contribution >= 0.6 is 0 Å². The van der Waals surface area contributed by atoms with Gasteiger partial charge >= 0.3 is 11.9 Å². The van der Waals surface area contributed by atoms with Gasteiger partial charge in [0.1, 0.15) is 47.6 Å². The molecule has 3 aliphatic carbocycles. The van der Waals surface area contributed by atoms with Gasteiger partial charge in [-0.15, -0.1) is 0 Å². The molecule has 0 radical (unpaired) electrons. The summed E-state index contributed by atoms with van der Waals surface area (Å²) in [6.07, 6.45) is -7.58. The topological polar surface area (TPSA) is 172 Å². The van der Waals surface area contributed by atoms with Gasteiger partial charge in [-0.1, -0.05) is 18.2 Å². The van der Waals surface area contributed by atoms with Gasteiger partial charge in [0.15, 0.2) is 6.29 Å². The summed E-state index contributed by atoms with van der Waals surface area (Å²) in [7, 11) is 0. The monoisotopic (exact) mass is 494 g/mol. The van der Waals surface area contributed by atoms with E-state index in [0.29, 0.717) is 0 Å². The largest absolute Gasteiger partial charge is 0.461 e. The summed E-state index contributed by atoms with van der Waals surface area (Å²) in [5.41, 5.74) is -5.53. The van der Waals surface area contributed by atoms with Crippen LogP contribution in [-0.2, 0) is 23.7 Å². The first-order chi connectivity index (χ1) is 16.4. The number of carbonyl (C=O) groups is 2. The Balaban J connectivity index is 1.49. The zero-order valence-corrected chi connectivity index (χ0v) is 19.4. The van der Waals surface area contributed by atoms with Crippen molar-refractivity contribution in [3.8, 4) is 0 Å². The maximum Gasteiger partial charge on any atom is 0.338 e. The number of fused-ring (bicyclic) bond motifs is 1. The van der Waals surface area contributed by atoms with Crippen LogP contribution in [0.3, 0.4) is 0 Å². The molecule has 5 aliphatic rings. The molecule has 1 unspecified atom stereocenters. The highest BCUT2D eigenvalue weighted by Crippen LogP contribution is 2.75. The molecule has 5 fully saturated rings. The van der Waals surface area contributed by atoms with Crippen LogP contribution in [0.25, 0.3) is 0 Å². The number of benzene rings is 1. The van der Waals surface area contributed by atoms with Gasteiger partial charge in [0.2, 0.25) is 0 Å². The van der Waals surface area contributed by atoms with E-state index in [9.17, 15) is 35.1 Å². The first-order valence-corrected chi connectivity index (χ1v) is 11.6. The van der Waals surface area contributed by atoms with Gasteiger partial charge in [0.25, 0.3) is 0 Å². The van der Waals surface area contributed by atoms with Crippen molar-refractivity contribution in [2.75, 3.05) is 13.2 Å². The van der Waals surface area contributed by atoms with Crippen LogP contribution in [0.1, 0.15) is 37.0 Å². The number of carbonyl (C=O) groups excluding carboxylic acids is 2. The van der Waals surface area contributed by atoms with Crippen LogP contribution in [0.5, 0.6) is 0 Å². The molecule has 10 atom stereocenters. The third-order valence-electron chi connectivity index (χ3n) is 8.40. The van der Waals surface area contributed by atoms with Crippen molar-refractivity contribution in [2.45, 2.75) is 74.2 Å². The molecule has 4 bridgehead atoms. The molecule has 0 aromatic heterocycles. The van der Waals surface area contributed by atoms with Crippen LogP contribution in [0.15, 0.2) is 30.3 Å². The number of ether oxygens (including phenoxy) is 4. The van der Waals surface area contributed by atoms with Crippen molar-refractivity contribution in [3.63, 3.8) is 0 Å². The highest BCUT2D eigenvalue weighted by atomic mass is 16.7. The van der Waals surface area contributed by atoms with Crippen molar-refractivity contribution < 1.29 is 54.1 Å². The lowest BCUT2D eigenvalue weighted by Crippen LogP contribution is -2.82. The molecule has 2 aliphatic heterocycles. The maximum atomic E-state index is 13.4. The summed E-state index contributed by atoms with van der Waals surface area (Å²) >= 11 is 0. The van der Waals surface area contributed by atoms with Gasteiger partial charge in [-0.25, -0.2) is 4.79 Å². The lowest BCUT2D eigenvalue weighted by Gasteiger charge is -2.69. The van der Waals surface area contributed by atoms with Gasteiger partial charge in [0.05, 0.1) is 17.8 Å². The molecule has 3 saturated carbocycles. The molecule has 0 amide bonds. The summed E-state index contributed by atoms with van der Waals surface area (Å²) < 4.78 is 23.1. The summed E-state index contributed by atoms with van der Waals surface area (Å²) in [6.45, 7) is 2.08. The summed E-state index contributed by atoms with van der Waals surface area (Å²) in [5, 5.41) is 51.7. The fourth-order valence-electron chi connectivity index (χ4n) is 6.66. The Morgan fingerprint density at radius 3 is 2.46 bits per heavy atom. The van der Waals surface area contributed by atoms with Crippen LogP contribution < -0.4 is 0 Å². The van der Waals surface area contributed by atoms with Gasteiger partial charge in [0, 0.05) is 12.3 Å². The van der Waals surface area contributed by atoms with Crippen molar-refractivity contribution in [1.29, 1.82) is 0 Å². The second-order valence-corrected chi connectivity index (χ2v) is 10.5. The molecule has 1 aromatic carbocycles. The van der Waals surface area contributed by atoms with E-state index in [1.807, 2.05) is 0 Å². The molecular formula is C24H30O11. The molecule has 0 spiro atoms. The molecule has 6 rings (SSSR count). The average molecular weight is 494 g/mol. The third-order valence-corrected chi connectivity index (χ3v) is 8.40. The van der Waals surface area contributed by atoms with E-state index in [2.05, 4.69) is 0 Å². The van der Waals surface area contributed by atoms with E-state index in [1.165, 1.54) is 0 Å². The standard InChI is InChI=1S/C24H30O11/c1-21(31)10-22(2)24(34-19-17(28)16(27)15(26)13(9-25)33-19)8-14(21)23(24,20(30)35-22)11-32-18(29)12-6-4-3-5-7-12/h3-7,13-17,19,25-28,31H,8-11H2,1-2H3/t13-,14+,15-,16-,17-,19+,21-,22+,23?,24+/m1/s1. The summed E-state index contributed by atoms with van der Waals surface area (Å²) in [4.78, 5) is 26.1. The van der Waals surface area contributed by atoms with Gasteiger partial charge in [-0.3, -0.25) is 4.79 Å². The molecule has 11 heteroatoms. The molecular weight excluding hydrogens is 464 g/mol. The lowest BCUT2D eigenvalue weighted by molar-refractivity contribution is -0.403. The highest BCUT2D eigenvalue weighted by Gasteiger charge is 2.90. The number of hydrogen-bond acceptors (Lipinski definition) is 11. The van der Waals surface area contributed by atoms with Crippen LogP contribution in [0, 0.1) is 11.3 Å². The number of rotatable bonds is 6. The lowest BCUT2D eigenvalue weighted by atomic mass is 9.38. The first kappa shape index (κ1) is 24.6. The van der Waals surface area contributed by atoms with Crippen molar-refractivity contribution >= 4 is 11.9 Å². The molecule has 11 nitrogen and oxygen atoms in total. The van der Waals surface area contributed by atoms with Crippen molar-refractivity contribution in [1.82, 2.24) is 0 Å². The fourth-order valence-corrected chi connectivity index (χ4v) is 6.66. The minimum Gasteiger partial charge on any atom is -0.461 e. The number of hydrogen-bond donors (Lipinski definition) is 5. The minimum absolute atomic E-state index is 0.0161. The third kappa shape index (κ3) is 3.16. The summed E-state index contributed by atoms with van der Waals surface area (Å²) in [5.74, 6) is -2.07. The molecule has 1 aromatic rings. The van der Waals surface area contributed by atoms with Crippen molar-refractivity contribution in [3.05, 3.63) is 35.9 Å². The zero-order valence-electron chi connectivity index (χ0n) is 19.4. The highest BCUT2D eigenvalue weighted by molar-refractivity contribution is 5.90. The predicted molar refractivity (Wildman–Crippen MR) is 115 cm³/mol. The van der Waals surface area contributed by atoms with Gasteiger partial charge in [-0.05, 0) is 32.4 Å². The predicted octanol–water partition coefficient (Wildman–Crippen LogP) is -1.12. The molecule has 2 heterocycles. The number of esters is 2. The van der Waals surface area contributed by atoms with E-state index in [4.69, 9.17) is 18.9 Å². The van der Waals surface area contributed by atoms with E-state index in [1.54, 1.807) is 44.2 Å². The molecule has 2 saturated heterocycles. The Hall–Kier alpha value is -2.12. The fraction of sp³-hybridized carbons (Fsp3) is 0.667. The zero-order chi connectivity index (χ0) is 25.4. The average Bonchev–Trinajstić information content (AvgIpc) is 2.88. The Kier molecular flexibility index (Phi) is 5.57. The van der Waals surface area contributed by atoms with Crippen LogP contribution in [0.2, 0.25) is 0 Å². The second kappa shape index (κ2) is 7.94. The number of aliphatic hydroxyl groups is 5. The SMILES string of the molecule is C[C@@]1(O)C[C@]2(C)OC(=O)C3(COC(=O)c4ccccc4)[C@H]1C[C@@]32O[C@@H]1O[C@H](CO)[C@@H](O)[C@@H](O)[C@H]1O. The van der Waals surface area contributed by atoms with E-state index in [-0.39, 0.29) is 18.4 Å². The van der Waals surface area contributed by atoms with Crippen molar-refractivity contribution in [2.24, 2.45) is 11.3 Å². The van der Waals surface area contributed by atoms with E-state index < -0.39 is 84.0 Å². The summed E-state index contributed by atoms with van der Waals surface area (Å²) in [6, 6.07) is 8.21. The number of aliphatic hydroxyl groups excluding tert-OH is 4. The van der Waals surface area contributed by atoms with Gasteiger partial charge in [-0.2, -0.15) is 0 Å². The molecule has 35 heavy (non-hydrogen) atoms. The molecule has 5 N–H and O–H groups in total. The maximum absolute atomic E-state index is 13.4. The normalized spacial score (nSPS) is 48.1. The second-order valence-electron chi connectivity index (χ2n) is 10.5. The van der Waals surface area contributed by atoms with Crippen LogP contribution in [-0.4, -0.2) is 98.2 Å². The van der Waals surface area contributed by atoms with E-state index >= 15 is 0 Å². The Morgan fingerprint density at radius 1 is 1.11 bits per heavy atom. The Morgan fingerprint density at radius 2 is 1.80 bits per heavy atom. The smallest absolute Gasteiger partial charge is 0.338 e. The van der Waals surface area contributed by atoms with Crippen LogP contribution in [0.4, 0.5) is 0 Å². The molecule has 192 valence electrons. The first-order valence-electron chi connectivity index (χ1n) is 11.6. The minimum atomic E-state index is -1.70. The Labute approximate surface area is 201 Å². The quantitative estimate of drug-likeness (QED) is 0.303. The van der Waals surface area contributed by atoms with Gasteiger partial charge < -0.3 is 44.5 Å².